The molecule has 1 aliphatic carbocycles. The molecule has 1 aromatic rings. The molecule has 0 saturated heterocycles. The van der Waals surface area contributed by atoms with E-state index in [9.17, 15) is 5.11 Å². The molecule has 3 heteroatoms. The summed E-state index contributed by atoms with van der Waals surface area (Å²) in [6, 6.07) is 7.99. The van der Waals surface area contributed by atoms with E-state index in [1.165, 1.54) is 12.8 Å². The lowest BCUT2D eigenvalue weighted by Gasteiger charge is -2.48. The lowest BCUT2D eigenvalue weighted by Crippen LogP contribution is -2.54. The number of aliphatic hydroxyl groups excluding tert-OH is 1. The van der Waals surface area contributed by atoms with Crippen molar-refractivity contribution in [1.82, 2.24) is 0 Å². The highest BCUT2D eigenvalue weighted by atomic mass is 16.5. The maximum atomic E-state index is 10.2. The van der Waals surface area contributed by atoms with Gasteiger partial charge >= 0.3 is 0 Å². The Labute approximate surface area is 128 Å². The largest absolute Gasteiger partial charge is 0.497 e. The molecule has 0 aromatic heterocycles. The van der Waals surface area contributed by atoms with E-state index in [1.807, 2.05) is 24.3 Å². The molecule has 1 saturated carbocycles. The van der Waals surface area contributed by atoms with Gasteiger partial charge in [0.1, 0.15) is 5.75 Å². The van der Waals surface area contributed by atoms with E-state index < -0.39 is 0 Å². The Bertz CT molecular complexity index is 443. The highest BCUT2D eigenvalue weighted by Gasteiger charge is 2.43. The summed E-state index contributed by atoms with van der Waals surface area (Å²) in [4.78, 5) is 0. The minimum atomic E-state index is -0.208. The van der Waals surface area contributed by atoms with Crippen LogP contribution in [-0.2, 0) is 0 Å². The molecule has 0 amide bonds. The first-order valence-electron chi connectivity index (χ1n) is 8.04. The number of benzene rings is 1. The van der Waals surface area contributed by atoms with Gasteiger partial charge in [0.15, 0.2) is 0 Å². The van der Waals surface area contributed by atoms with Crippen molar-refractivity contribution < 1.29 is 9.84 Å². The van der Waals surface area contributed by atoms with E-state index in [0.29, 0.717) is 17.8 Å². The monoisotopic (exact) mass is 291 g/mol. The number of ether oxygens (including phenoxy) is 1. The summed E-state index contributed by atoms with van der Waals surface area (Å²) >= 11 is 0. The molecule has 1 fully saturated rings. The van der Waals surface area contributed by atoms with Crippen LogP contribution < -0.4 is 10.1 Å². The maximum absolute atomic E-state index is 10.2. The van der Waals surface area contributed by atoms with E-state index in [-0.39, 0.29) is 12.1 Å². The van der Waals surface area contributed by atoms with Crippen molar-refractivity contribution in [1.29, 1.82) is 0 Å². The number of anilines is 1. The molecule has 0 radical (unpaired) electrons. The van der Waals surface area contributed by atoms with Crippen molar-refractivity contribution in [3.63, 3.8) is 0 Å². The van der Waals surface area contributed by atoms with Gasteiger partial charge in [0.2, 0.25) is 0 Å². The van der Waals surface area contributed by atoms with Gasteiger partial charge in [-0.05, 0) is 54.9 Å². The lowest BCUT2D eigenvalue weighted by molar-refractivity contribution is 0.0685. The smallest absolute Gasteiger partial charge is 0.119 e. The molecule has 21 heavy (non-hydrogen) atoms. The SMILES string of the molecule is COc1ccc(NC2(CO)CC(C)CCC2C(C)C)cc1. The van der Waals surface area contributed by atoms with Crippen molar-refractivity contribution in [3.8, 4) is 5.75 Å². The minimum absolute atomic E-state index is 0.187. The molecule has 0 heterocycles. The third-order valence-corrected chi connectivity index (χ3v) is 4.96. The number of aliphatic hydroxyl groups is 1. The standard InChI is InChI=1S/C18H29NO2/c1-13(2)17-10-5-14(3)11-18(17,12-20)19-15-6-8-16(21-4)9-7-15/h6-9,13-14,17,19-20H,5,10-12H2,1-4H3. The zero-order valence-corrected chi connectivity index (χ0v) is 13.7. The normalized spacial score (nSPS) is 29.4. The fourth-order valence-electron chi connectivity index (χ4n) is 3.91. The predicted molar refractivity (Wildman–Crippen MR) is 87.8 cm³/mol. The Morgan fingerprint density at radius 1 is 1.29 bits per heavy atom. The molecule has 118 valence electrons. The van der Waals surface area contributed by atoms with Crippen LogP contribution in [0.25, 0.3) is 0 Å². The molecular formula is C18H29NO2. The van der Waals surface area contributed by atoms with Crippen LogP contribution in [0.15, 0.2) is 24.3 Å². The van der Waals surface area contributed by atoms with Crippen molar-refractivity contribution in [3.05, 3.63) is 24.3 Å². The van der Waals surface area contributed by atoms with Gasteiger partial charge in [0.05, 0.1) is 19.3 Å². The average Bonchev–Trinajstić information content (AvgIpc) is 2.47. The van der Waals surface area contributed by atoms with Crippen LogP contribution in [-0.4, -0.2) is 24.4 Å². The predicted octanol–water partition coefficient (Wildman–Crippen LogP) is 3.93. The number of hydrogen-bond donors (Lipinski definition) is 2. The second kappa shape index (κ2) is 6.69. The molecule has 1 aliphatic rings. The number of nitrogens with one attached hydrogen (secondary N) is 1. The summed E-state index contributed by atoms with van der Waals surface area (Å²) in [6.07, 6.45) is 3.47. The number of methoxy groups -OCH3 is 1. The van der Waals surface area contributed by atoms with Gasteiger partial charge in [-0.15, -0.1) is 0 Å². The van der Waals surface area contributed by atoms with Crippen LogP contribution in [0.1, 0.15) is 40.0 Å². The molecule has 2 N–H and O–H groups in total. The Morgan fingerprint density at radius 3 is 2.48 bits per heavy atom. The highest BCUT2D eigenvalue weighted by Crippen LogP contribution is 2.42. The fraction of sp³-hybridized carbons (Fsp3) is 0.667. The number of rotatable bonds is 5. The lowest BCUT2D eigenvalue weighted by atomic mass is 9.65. The van der Waals surface area contributed by atoms with Crippen molar-refractivity contribution in [2.45, 2.75) is 45.6 Å². The maximum Gasteiger partial charge on any atom is 0.119 e. The summed E-state index contributed by atoms with van der Waals surface area (Å²) in [5.41, 5.74) is 0.852. The molecule has 0 spiro atoms. The molecule has 3 unspecified atom stereocenters. The zero-order valence-electron chi connectivity index (χ0n) is 13.7. The van der Waals surface area contributed by atoms with Crippen LogP contribution in [0.3, 0.4) is 0 Å². The molecule has 0 aliphatic heterocycles. The van der Waals surface area contributed by atoms with Crippen molar-refractivity contribution in [2.75, 3.05) is 19.0 Å². The molecule has 2 rings (SSSR count). The average molecular weight is 291 g/mol. The summed E-state index contributed by atoms with van der Waals surface area (Å²) in [7, 11) is 1.68. The van der Waals surface area contributed by atoms with E-state index in [1.54, 1.807) is 7.11 Å². The van der Waals surface area contributed by atoms with Gasteiger partial charge < -0.3 is 15.2 Å². The van der Waals surface area contributed by atoms with Crippen LogP contribution >= 0.6 is 0 Å². The first-order valence-corrected chi connectivity index (χ1v) is 8.04. The summed E-state index contributed by atoms with van der Waals surface area (Å²) in [5, 5.41) is 13.8. The molecule has 1 aromatic carbocycles. The highest BCUT2D eigenvalue weighted by molar-refractivity contribution is 5.49. The zero-order chi connectivity index (χ0) is 15.5. The fourth-order valence-corrected chi connectivity index (χ4v) is 3.91. The Hall–Kier alpha value is -1.22. The third-order valence-electron chi connectivity index (χ3n) is 4.96. The van der Waals surface area contributed by atoms with Gasteiger partial charge in [0, 0.05) is 5.69 Å². The summed E-state index contributed by atoms with van der Waals surface area (Å²) < 4.78 is 5.21. The Balaban J connectivity index is 2.24. The topological polar surface area (TPSA) is 41.5 Å². The van der Waals surface area contributed by atoms with Crippen LogP contribution in [0.4, 0.5) is 5.69 Å². The van der Waals surface area contributed by atoms with Crippen molar-refractivity contribution in [2.24, 2.45) is 17.8 Å². The second-order valence-corrected chi connectivity index (χ2v) is 6.90. The third kappa shape index (κ3) is 3.52. The van der Waals surface area contributed by atoms with Gasteiger partial charge in [-0.25, -0.2) is 0 Å². The van der Waals surface area contributed by atoms with Crippen LogP contribution in [0.2, 0.25) is 0 Å². The minimum Gasteiger partial charge on any atom is -0.497 e. The molecule has 0 bridgehead atoms. The van der Waals surface area contributed by atoms with E-state index >= 15 is 0 Å². The van der Waals surface area contributed by atoms with Gasteiger partial charge in [-0.1, -0.05) is 27.2 Å². The Kier molecular flexibility index (Phi) is 5.15. The van der Waals surface area contributed by atoms with Gasteiger partial charge in [0.25, 0.3) is 0 Å². The molecule has 3 nitrogen and oxygen atoms in total. The Morgan fingerprint density at radius 2 is 1.95 bits per heavy atom. The first kappa shape index (κ1) is 16.2. The molecule has 3 atom stereocenters. The summed E-state index contributed by atoms with van der Waals surface area (Å²) in [6.45, 7) is 7.00. The summed E-state index contributed by atoms with van der Waals surface area (Å²) in [5.74, 6) is 2.57. The van der Waals surface area contributed by atoms with E-state index in [2.05, 4.69) is 26.1 Å². The van der Waals surface area contributed by atoms with Gasteiger partial charge in [-0.2, -0.15) is 0 Å². The van der Waals surface area contributed by atoms with Gasteiger partial charge in [-0.3, -0.25) is 0 Å². The molecular weight excluding hydrogens is 262 g/mol. The van der Waals surface area contributed by atoms with E-state index in [0.717, 1.165) is 17.9 Å². The quantitative estimate of drug-likeness (QED) is 0.863. The number of hydrogen-bond acceptors (Lipinski definition) is 3. The second-order valence-electron chi connectivity index (χ2n) is 6.90. The van der Waals surface area contributed by atoms with Crippen molar-refractivity contribution >= 4 is 5.69 Å². The van der Waals surface area contributed by atoms with Crippen LogP contribution in [0, 0.1) is 17.8 Å². The van der Waals surface area contributed by atoms with Crippen LogP contribution in [0.5, 0.6) is 5.75 Å². The van der Waals surface area contributed by atoms with E-state index in [4.69, 9.17) is 4.74 Å². The first-order chi connectivity index (χ1) is 10.0.